The van der Waals surface area contributed by atoms with E-state index >= 15 is 0 Å². The average Bonchev–Trinajstić information content (AvgIpc) is 3.15. The van der Waals surface area contributed by atoms with Crippen LogP contribution in [0.5, 0.6) is 0 Å². The molecule has 1 unspecified atom stereocenters. The molecule has 0 bridgehead atoms. The van der Waals surface area contributed by atoms with E-state index in [1.54, 1.807) is 12.1 Å². The maximum Gasteiger partial charge on any atom is 0.264 e. The van der Waals surface area contributed by atoms with Crippen molar-refractivity contribution in [2.75, 3.05) is 50.7 Å². The summed E-state index contributed by atoms with van der Waals surface area (Å²) in [7, 11) is 0. The third-order valence-electron chi connectivity index (χ3n) is 8.11. The molecule has 1 N–H and O–H groups in total. The van der Waals surface area contributed by atoms with Gasteiger partial charge < -0.3 is 9.80 Å². The summed E-state index contributed by atoms with van der Waals surface area (Å²) in [5, 5.41) is 2.25. The number of rotatable bonds is 6. The monoisotopic (exact) mass is 509 g/mol. The summed E-state index contributed by atoms with van der Waals surface area (Å²) in [6, 6.07) is 4.35. The second-order valence-electron chi connectivity index (χ2n) is 10.5. The lowest BCUT2D eigenvalue weighted by Gasteiger charge is -2.39. The highest BCUT2D eigenvalue weighted by atomic mass is 16.2. The number of hydrogen-bond acceptors (Lipinski definition) is 7. The van der Waals surface area contributed by atoms with Gasteiger partial charge in [-0.05, 0) is 43.7 Å². The maximum absolute atomic E-state index is 13.4. The van der Waals surface area contributed by atoms with E-state index in [4.69, 9.17) is 0 Å². The van der Waals surface area contributed by atoms with Crippen molar-refractivity contribution in [3.05, 3.63) is 29.3 Å². The highest BCUT2D eigenvalue weighted by Crippen LogP contribution is 2.36. The van der Waals surface area contributed by atoms with Crippen molar-refractivity contribution in [2.45, 2.75) is 51.5 Å². The van der Waals surface area contributed by atoms with Crippen molar-refractivity contribution in [1.29, 1.82) is 0 Å². The summed E-state index contributed by atoms with van der Waals surface area (Å²) in [6.45, 7) is 8.04. The van der Waals surface area contributed by atoms with Crippen molar-refractivity contribution in [1.82, 2.24) is 20.0 Å². The molecular formula is C27H35N5O5. The normalized spacial score (nSPS) is 23.5. The predicted octanol–water partition coefficient (Wildman–Crippen LogP) is 1.25. The Bertz CT molecular complexity index is 1100. The summed E-state index contributed by atoms with van der Waals surface area (Å²) in [5.41, 5.74) is 1.43. The van der Waals surface area contributed by atoms with Gasteiger partial charge in [-0.25, -0.2) is 0 Å². The van der Waals surface area contributed by atoms with Gasteiger partial charge in [0.25, 0.3) is 11.8 Å². The predicted molar refractivity (Wildman–Crippen MR) is 136 cm³/mol. The molecule has 0 aliphatic carbocycles. The molecule has 3 fully saturated rings. The fourth-order valence-corrected chi connectivity index (χ4v) is 6.03. The molecule has 0 saturated carbocycles. The molecule has 37 heavy (non-hydrogen) atoms. The van der Waals surface area contributed by atoms with E-state index in [1.807, 2.05) is 17.9 Å². The first-order valence-corrected chi connectivity index (χ1v) is 13.5. The minimum absolute atomic E-state index is 0.105. The van der Waals surface area contributed by atoms with Crippen LogP contribution in [0.15, 0.2) is 18.2 Å². The fraction of sp³-hybridized carbons (Fsp3) is 0.593. The van der Waals surface area contributed by atoms with Gasteiger partial charge in [-0.3, -0.25) is 39.1 Å². The number of nitrogens with one attached hydrogen (secondary N) is 1. The Labute approximate surface area is 216 Å². The van der Waals surface area contributed by atoms with E-state index < -0.39 is 23.8 Å². The molecule has 198 valence electrons. The van der Waals surface area contributed by atoms with Gasteiger partial charge in [0.2, 0.25) is 17.7 Å². The van der Waals surface area contributed by atoms with E-state index in [9.17, 15) is 24.0 Å². The number of amides is 5. The number of piperazine rings is 1. The number of piperidine rings is 2. The van der Waals surface area contributed by atoms with Crippen molar-refractivity contribution in [3.8, 4) is 0 Å². The summed E-state index contributed by atoms with van der Waals surface area (Å²) >= 11 is 0. The van der Waals surface area contributed by atoms with Crippen LogP contribution >= 0.6 is 0 Å². The van der Waals surface area contributed by atoms with Crippen LogP contribution in [0.1, 0.15) is 66.2 Å². The number of anilines is 1. The summed E-state index contributed by atoms with van der Waals surface area (Å²) in [4.78, 5) is 70.3. The molecule has 4 aliphatic heterocycles. The molecule has 0 radical (unpaired) electrons. The molecule has 10 heteroatoms. The van der Waals surface area contributed by atoms with Gasteiger partial charge in [0.15, 0.2) is 0 Å². The van der Waals surface area contributed by atoms with Crippen LogP contribution in [0.3, 0.4) is 0 Å². The van der Waals surface area contributed by atoms with Gasteiger partial charge in [0.1, 0.15) is 6.04 Å². The largest absolute Gasteiger partial charge is 0.371 e. The van der Waals surface area contributed by atoms with E-state index in [0.717, 1.165) is 75.7 Å². The smallest absolute Gasteiger partial charge is 0.264 e. The van der Waals surface area contributed by atoms with Crippen molar-refractivity contribution < 1.29 is 24.0 Å². The topological polar surface area (TPSA) is 110 Å². The number of imide groups is 2. The zero-order chi connectivity index (χ0) is 26.1. The van der Waals surface area contributed by atoms with Crippen LogP contribution in [0, 0.1) is 5.92 Å². The van der Waals surface area contributed by atoms with E-state index in [-0.39, 0.29) is 24.7 Å². The van der Waals surface area contributed by atoms with Crippen LogP contribution in [-0.2, 0) is 14.4 Å². The highest BCUT2D eigenvalue weighted by molar-refractivity contribution is 6.25. The molecule has 3 saturated heterocycles. The lowest BCUT2D eigenvalue weighted by Crippen LogP contribution is -2.54. The van der Waals surface area contributed by atoms with Crippen LogP contribution in [0.25, 0.3) is 0 Å². The maximum atomic E-state index is 13.4. The number of fused-ring (bicyclic) bond motifs is 1. The fourth-order valence-electron chi connectivity index (χ4n) is 6.03. The van der Waals surface area contributed by atoms with E-state index in [2.05, 4.69) is 15.1 Å². The second kappa shape index (κ2) is 10.6. The zero-order valence-electron chi connectivity index (χ0n) is 21.4. The molecule has 0 spiro atoms. The van der Waals surface area contributed by atoms with Crippen LogP contribution in [0.4, 0.5) is 5.69 Å². The number of benzene rings is 1. The van der Waals surface area contributed by atoms with Crippen LogP contribution in [-0.4, -0.2) is 96.1 Å². The quantitative estimate of drug-likeness (QED) is 0.575. The molecular weight excluding hydrogens is 474 g/mol. The Kier molecular flexibility index (Phi) is 7.28. The van der Waals surface area contributed by atoms with Gasteiger partial charge in [-0.15, -0.1) is 0 Å². The SMILES string of the molecule is CCCC(=O)N1CCN(CC2CCN(c3cccc4c3C(=O)N(C3CCC(=O)NC3=O)C4=O)CC2)CC1. The Morgan fingerprint density at radius 3 is 2.35 bits per heavy atom. The first kappa shape index (κ1) is 25.4. The van der Waals surface area contributed by atoms with E-state index in [1.165, 1.54) is 0 Å². The first-order valence-electron chi connectivity index (χ1n) is 13.5. The van der Waals surface area contributed by atoms with Crippen molar-refractivity contribution in [3.63, 3.8) is 0 Å². The van der Waals surface area contributed by atoms with Crippen molar-refractivity contribution in [2.24, 2.45) is 5.92 Å². The summed E-state index contributed by atoms with van der Waals surface area (Å²) < 4.78 is 0. The van der Waals surface area contributed by atoms with Gasteiger partial charge in [0.05, 0.1) is 16.8 Å². The molecule has 5 rings (SSSR count). The van der Waals surface area contributed by atoms with Gasteiger partial charge in [0, 0.05) is 58.7 Å². The van der Waals surface area contributed by atoms with Crippen LogP contribution < -0.4 is 10.2 Å². The molecule has 4 aliphatic rings. The first-order chi connectivity index (χ1) is 17.9. The second-order valence-corrected chi connectivity index (χ2v) is 10.5. The summed E-state index contributed by atoms with van der Waals surface area (Å²) in [6.07, 6.45) is 3.74. The molecule has 0 aromatic heterocycles. The molecule has 1 atom stereocenters. The number of carbonyl (C=O) groups is 5. The zero-order valence-corrected chi connectivity index (χ0v) is 21.4. The average molecular weight is 510 g/mol. The van der Waals surface area contributed by atoms with Gasteiger partial charge in [-0.2, -0.15) is 0 Å². The lowest BCUT2D eigenvalue weighted by atomic mass is 9.94. The molecule has 5 amide bonds. The number of hydrogen-bond donors (Lipinski definition) is 1. The molecule has 1 aromatic carbocycles. The standard InChI is InChI=1S/C27H35N5O5/c1-2-4-23(34)31-15-13-29(14-16-31)17-18-9-11-30(12-10-18)20-6-3-5-19-24(20)27(37)32(26(19)36)21-7-8-22(33)28-25(21)35/h3,5-6,18,21H,2,4,7-17H2,1H3,(H,28,33,35). The van der Waals surface area contributed by atoms with Gasteiger partial charge in [-0.1, -0.05) is 13.0 Å². The molecule has 10 nitrogen and oxygen atoms in total. The van der Waals surface area contributed by atoms with Gasteiger partial charge >= 0.3 is 0 Å². The highest BCUT2D eigenvalue weighted by Gasteiger charge is 2.46. The summed E-state index contributed by atoms with van der Waals surface area (Å²) in [5.74, 6) is -1.10. The third kappa shape index (κ3) is 4.99. The minimum Gasteiger partial charge on any atom is -0.371 e. The molecule has 4 heterocycles. The Balaban J connectivity index is 1.20. The number of nitrogens with zero attached hydrogens (tertiary/aromatic N) is 4. The Hall–Kier alpha value is -3.27. The van der Waals surface area contributed by atoms with Crippen LogP contribution in [0.2, 0.25) is 0 Å². The third-order valence-corrected chi connectivity index (χ3v) is 8.11. The molecule has 1 aromatic rings. The van der Waals surface area contributed by atoms with E-state index in [0.29, 0.717) is 23.5 Å². The Morgan fingerprint density at radius 1 is 0.946 bits per heavy atom. The number of carbonyl (C=O) groups excluding carboxylic acids is 5. The Morgan fingerprint density at radius 2 is 1.68 bits per heavy atom. The van der Waals surface area contributed by atoms with Crippen molar-refractivity contribution >= 4 is 35.2 Å². The minimum atomic E-state index is -0.957. The lowest BCUT2D eigenvalue weighted by molar-refractivity contribution is -0.136.